The summed E-state index contributed by atoms with van der Waals surface area (Å²) in [5, 5.41) is 7.14. The van der Waals surface area contributed by atoms with Gasteiger partial charge < -0.3 is 4.57 Å². The zero-order valence-corrected chi connectivity index (χ0v) is 8.90. The summed E-state index contributed by atoms with van der Waals surface area (Å²) >= 11 is 5.09. The number of nitrogens with one attached hydrogen (secondary N) is 1. The lowest BCUT2D eigenvalue weighted by atomic mass is 9.97. The number of nitrogens with zero attached hydrogens (tertiary/aromatic N) is 2. The molecule has 13 heavy (non-hydrogen) atoms. The molecule has 1 saturated carbocycles. The van der Waals surface area contributed by atoms with Crippen molar-refractivity contribution in [1.82, 2.24) is 14.8 Å². The number of hydrogen-bond acceptors (Lipinski definition) is 2. The fourth-order valence-electron chi connectivity index (χ4n) is 2.22. The van der Waals surface area contributed by atoms with Crippen LogP contribution in [0.5, 0.6) is 0 Å². The van der Waals surface area contributed by atoms with Gasteiger partial charge in [0, 0.05) is 13.0 Å². The smallest absolute Gasteiger partial charge is 0.194 e. The van der Waals surface area contributed by atoms with Crippen molar-refractivity contribution < 1.29 is 0 Å². The molecule has 1 aliphatic carbocycles. The maximum absolute atomic E-state index is 5.09. The van der Waals surface area contributed by atoms with Gasteiger partial charge in [0.2, 0.25) is 0 Å². The van der Waals surface area contributed by atoms with Crippen molar-refractivity contribution in [1.29, 1.82) is 0 Å². The Kier molecular flexibility index (Phi) is 2.24. The summed E-state index contributed by atoms with van der Waals surface area (Å²) in [4.78, 5) is 0. The minimum atomic E-state index is 0.609. The van der Waals surface area contributed by atoms with Crippen molar-refractivity contribution in [2.45, 2.75) is 32.1 Å². The molecule has 2 rings (SSSR count). The number of H-pyrrole nitrogens is 1. The topological polar surface area (TPSA) is 33.6 Å². The molecule has 0 spiro atoms. The minimum absolute atomic E-state index is 0.609. The molecule has 1 aromatic rings. The summed E-state index contributed by atoms with van der Waals surface area (Å²) in [6.45, 7) is 2.30. The number of rotatable bonds is 1. The largest absolute Gasteiger partial charge is 0.307 e. The SMILES string of the molecule is CC1CCCC1c1n[nH]c(=S)n1C. The molecule has 0 aromatic carbocycles. The molecule has 1 N–H and O–H groups in total. The van der Waals surface area contributed by atoms with Gasteiger partial charge in [-0.25, -0.2) is 0 Å². The molecule has 1 heterocycles. The Balaban J connectivity index is 2.34. The van der Waals surface area contributed by atoms with Gasteiger partial charge in [0.15, 0.2) is 4.77 Å². The molecule has 0 bridgehead atoms. The summed E-state index contributed by atoms with van der Waals surface area (Å²) in [7, 11) is 1.99. The van der Waals surface area contributed by atoms with Crippen LogP contribution in [0.25, 0.3) is 0 Å². The monoisotopic (exact) mass is 197 g/mol. The molecule has 0 saturated heterocycles. The molecular weight excluding hydrogens is 182 g/mol. The molecule has 1 aliphatic rings. The van der Waals surface area contributed by atoms with Gasteiger partial charge in [0.1, 0.15) is 5.82 Å². The van der Waals surface area contributed by atoms with Crippen LogP contribution in [0.3, 0.4) is 0 Å². The third-order valence-electron chi connectivity index (χ3n) is 3.11. The first-order valence-corrected chi connectivity index (χ1v) is 5.22. The fourth-order valence-corrected chi connectivity index (χ4v) is 2.36. The lowest BCUT2D eigenvalue weighted by molar-refractivity contribution is 0.495. The predicted molar refractivity (Wildman–Crippen MR) is 54.1 cm³/mol. The average Bonchev–Trinajstić information content (AvgIpc) is 2.62. The zero-order chi connectivity index (χ0) is 9.42. The van der Waals surface area contributed by atoms with Crippen molar-refractivity contribution in [3.05, 3.63) is 10.6 Å². The fraction of sp³-hybridized carbons (Fsp3) is 0.778. The average molecular weight is 197 g/mol. The molecule has 1 fully saturated rings. The Morgan fingerprint density at radius 3 is 2.77 bits per heavy atom. The normalized spacial score (nSPS) is 28.2. The maximum atomic E-state index is 5.09. The van der Waals surface area contributed by atoms with Crippen molar-refractivity contribution in [2.24, 2.45) is 13.0 Å². The third-order valence-corrected chi connectivity index (χ3v) is 3.47. The minimum Gasteiger partial charge on any atom is -0.307 e. The molecule has 72 valence electrons. The van der Waals surface area contributed by atoms with Crippen LogP contribution in [0.15, 0.2) is 0 Å². The quantitative estimate of drug-likeness (QED) is 0.701. The van der Waals surface area contributed by atoms with E-state index in [4.69, 9.17) is 12.2 Å². The van der Waals surface area contributed by atoms with E-state index in [0.717, 1.165) is 16.5 Å². The van der Waals surface area contributed by atoms with Crippen LogP contribution in [0.1, 0.15) is 37.9 Å². The van der Waals surface area contributed by atoms with E-state index in [0.29, 0.717) is 5.92 Å². The molecule has 4 heteroatoms. The van der Waals surface area contributed by atoms with E-state index >= 15 is 0 Å². The van der Waals surface area contributed by atoms with Gasteiger partial charge >= 0.3 is 0 Å². The van der Waals surface area contributed by atoms with E-state index in [1.807, 2.05) is 11.6 Å². The molecule has 0 amide bonds. The first-order chi connectivity index (χ1) is 6.20. The van der Waals surface area contributed by atoms with Crippen molar-refractivity contribution in [3.63, 3.8) is 0 Å². The van der Waals surface area contributed by atoms with Gasteiger partial charge in [0.05, 0.1) is 0 Å². The van der Waals surface area contributed by atoms with Crippen LogP contribution in [0, 0.1) is 10.7 Å². The van der Waals surface area contributed by atoms with Crippen LogP contribution >= 0.6 is 12.2 Å². The van der Waals surface area contributed by atoms with Crippen molar-refractivity contribution in [3.8, 4) is 0 Å². The van der Waals surface area contributed by atoms with Gasteiger partial charge in [-0.1, -0.05) is 13.3 Å². The van der Waals surface area contributed by atoms with Crippen LogP contribution in [-0.2, 0) is 7.05 Å². The van der Waals surface area contributed by atoms with Crippen molar-refractivity contribution >= 4 is 12.2 Å². The number of aromatic nitrogens is 3. The highest BCUT2D eigenvalue weighted by atomic mass is 32.1. The predicted octanol–water partition coefficient (Wildman–Crippen LogP) is 2.38. The maximum Gasteiger partial charge on any atom is 0.194 e. The van der Waals surface area contributed by atoms with Gasteiger partial charge in [-0.2, -0.15) is 5.10 Å². The molecule has 2 unspecified atom stereocenters. The lowest BCUT2D eigenvalue weighted by Crippen LogP contribution is -2.08. The van der Waals surface area contributed by atoms with E-state index in [9.17, 15) is 0 Å². The molecule has 0 radical (unpaired) electrons. The highest BCUT2D eigenvalue weighted by Crippen LogP contribution is 2.37. The van der Waals surface area contributed by atoms with Gasteiger partial charge in [0.25, 0.3) is 0 Å². The van der Waals surface area contributed by atoms with Gasteiger partial charge in [-0.3, -0.25) is 5.10 Å². The lowest BCUT2D eigenvalue weighted by Gasteiger charge is -2.13. The van der Waals surface area contributed by atoms with E-state index < -0.39 is 0 Å². The van der Waals surface area contributed by atoms with Crippen molar-refractivity contribution in [2.75, 3.05) is 0 Å². The first-order valence-electron chi connectivity index (χ1n) is 4.81. The third kappa shape index (κ3) is 1.43. The van der Waals surface area contributed by atoms with Crippen LogP contribution in [-0.4, -0.2) is 14.8 Å². The van der Waals surface area contributed by atoms with E-state index in [1.165, 1.54) is 19.3 Å². The summed E-state index contributed by atoms with van der Waals surface area (Å²) < 4.78 is 2.73. The second-order valence-corrected chi connectivity index (χ2v) is 4.35. The Morgan fingerprint density at radius 1 is 1.54 bits per heavy atom. The number of aromatic amines is 1. The molecular formula is C9H15N3S. The Hall–Kier alpha value is -0.640. The molecule has 2 atom stereocenters. The summed E-state index contributed by atoms with van der Waals surface area (Å²) in [6.07, 6.45) is 3.91. The highest BCUT2D eigenvalue weighted by molar-refractivity contribution is 7.71. The van der Waals surface area contributed by atoms with Gasteiger partial charge in [-0.15, -0.1) is 0 Å². The molecule has 1 aromatic heterocycles. The van der Waals surface area contributed by atoms with E-state index in [-0.39, 0.29) is 0 Å². The Morgan fingerprint density at radius 2 is 2.31 bits per heavy atom. The summed E-state index contributed by atoms with van der Waals surface area (Å²) in [5.41, 5.74) is 0. The first kappa shape index (κ1) is 8.94. The zero-order valence-electron chi connectivity index (χ0n) is 8.08. The molecule has 0 aliphatic heterocycles. The molecule has 3 nitrogen and oxygen atoms in total. The standard InChI is InChI=1S/C9H15N3S/c1-6-4-3-5-7(6)8-10-11-9(13)12(8)2/h6-7H,3-5H2,1-2H3,(H,11,13). The summed E-state index contributed by atoms with van der Waals surface area (Å²) in [6, 6.07) is 0. The van der Waals surface area contributed by atoms with E-state index in [1.54, 1.807) is 0 Å². The highest BCUT2D eigenvalue weighted by Gasteiger charge is 2.28. The van der Waals surface area contributed by atoms with E-state index in [2.05, 4.69) is 17.1 Å². The van der Waals surface area contributed by atoms with Crippen LogP contribution < -0.4 is 0 Å². The number of hydrogen-bond donors (Lipinski definition) is 1. The van der Waals surface area contributed by atoms with Crippen LogP contribution in [0.2, 0.25) is 0 Å². The second-order valence-electron chi connectivity index (χ2n) is 3.96. The summed E-state index contributed by atoms with van der Waals surface area (Å²) in [5.74, 6) is 2.50. The van der Waals surface area contributed by atoms with Crippen LogP contribution in [0.4, 0.5) is 0 Å². The van der Waals surface area contributed by atoms with Gasteiger partial charge in [-0.05, 0) is 31.0 Å². The Bertz CT molecular complexity index is 352. The second kappa shape index (κ2) is 3.25. The Labute approximate surface area is 83.2 Å².